The molecule has 196 valence electrons. The van der Waals surface area contributed by atoms with Gasteiger partial charge in [-0.25, -0.2) is 12.8 Å². The van der Waals surface area contributed by atoms with Gasteiger partial charge in [0.15, 0.2) is 11.5 Å². The predicted molar refractivity (Wildman–Crippen MR) is 134 cm³/mol. The number of benzene rings is 2. The second-order valence-electron chi connectivity index (χ2n) is 9.62. The van der Waals surface area contributed by atoms with Crippen LogP contribution in [0, 0.1) is 5.82 Å². The summed E-state index contributed by atoms with van der Waals surface area (Å²) in [6, 6.07) is 9.29. The Bertz CT molecular complexity index is 1210. The van der Waals surface area contributed by atoms with E-state index in [2.05, 4.69) is 5.32 Å². The third-order valence-corrected chi connectivity index (χ3v) is 6.61. The maximum Gasteiger partial charge on any atom is 0.244 e. The van der Waals surface area contributed by atoms with Crippen LogP contribution in [0.1, 0.15) is 39.7 Å². The lowest BCUT2D eigenvalue weighted by Gasteiger charge is -2.34. The highest BCUT2D eigenvalue weighted by atomic mass is 32.2. The SMILES string of the molecule is CC[C@H](C(=O)NC(C)(C)C)N(Cc1ccc(F)cc1)C(=O)CN(c1ccc2c(c1)OCO2)S(C)(=O)=O. The van der Waals surface area contributed by atoms with Crippen molar-refractivity contribution in [2.45, 2.75) is 52.2 Å². The molecule has 0 radical (unpaired) electrons. The fourth-order valence-electron chi connectivity index (χ4n) is 3.81. The van der Waals surface area contributed by atoms with Gasteiger partial charge in [-0.2, -0.15) is 0 Å². The van der Waals surface area contributed by atoms with E-state index in [-0.39, 0.29) is 31.4 Å². The number of fused-ring (bicyclic) bond motifs is 1. The van der Waals surface area contributed by atoms with Crippen LogP contribution in [0.5, 0.6) is 11.5 Å². The number of halogens is 1. The molecule has 0 bridgehead atoms. The molecule has 2 amide bonds. The van der Waals surface area contributed by atoms with Gasteiger partial charge in [-0.05, 0) is 57.0 Å². The Morgan fingerprint density at radius 1 is 1.08 bits per heavy atom. The van der Waals surface area contributed by atoms with Gasteiger partial charge in [0.1, 0.15) is 18.4 Å². The Balaban J connectivity index is 1.95. The molecule has 0 saturated heterocycles. The third kappa shape index (κ3) is 6.87. The van der Waals surface area contributed by atoms with Crippen LogP contribution in [-0.2, 0) is 26.2 Å². The summed E-state index contributed by atoms with van der Waals surface area (Å²) in [5, 5.41) is 2.89. The zero-order valence-electron chi connectivity index (χ0n) is 21.1. The molecule has 0 aliphatic carbocycles. The van der Waals surface area contributed by atoms with Crippen molar-refractivity contribution in [1.82, 2.24) is 10.2 Å². The standard InChI is InChI=1S/C25H32FN3O6S/c1-6-20(24(31)27-25(2,3)4)28(14-17-7-9-18(26)10-8-17)23(30)15-29(36(5,32)33)19-11-12-21-22(13-19)35-16-34-21/h7-13,20H,6,14-16H2,1-5H3,(H,27,31)/t20-/m1/s1. The first-order chi connectivity index (χ1) is 16.8. The smallest absolute Gasteiger partial charge is 0.244 e. The number of carbonyl (C=O) groups excluding carboxylic acids is 2. The molecule has 1 aliphatic rings. The molecule has 0 fully saturated rings. The molecule has 0 aromatic heterocycles. The molecule has 36 heavy (non-hydrogen) atoms. The van der Waals surface area contributed by atoms with Crippen molar-refractivity contribution >= 4 is 27.5 Å². The minimum absolute atomic E-state index is 0.00603. The van der Waals surface area contributed by atoms with Crippen molar-refractivity contribution in [3.05, 3.63) is 53.8 Å². The lowest BCUT2D eigenvalue weighted by atomic mass is 10.1. The zero-order valence-corrected chi connectivity index (χ0v) is 21.9. The second-order valence-corrected chi connectivity index (χ2v) is 11.5. The van der Waals surface area contributed by atoms with Crippen LogP contribution in [-0.4, -0.2) is 56.3 Å². The fraction of sp³-hybridized carbons (Fsp3) is 0.440. The van der Waals surface area contributed by atoms with E-state index in [0.717, 1.165) is 10.6 Å². The van der Waals surface area contributed by atoms with Crippen molar-refractivity contribution in [1.29, 1.82) is 0 Å². The summed E-state index contributed by atoms with van der Waals surface area (Å²) >= 11 is 0. The Kier molecular flexibility index (Phi) is 8.12. The van der Waals surface area contributed by atoms with E-state index in [4.69, 9.17) is 9.47 Å². The summed E-state index contributed by atoms with van der Waals surface area (Å²) in [7, 11) is -3.88. The van der Waals surface area contributed by atoms with Crippen molar-refractivity contribution in [2.24, 2.45) is 0 Å². The molecular weight excluding hydrogens is 489 g/mol. The number of hydrogen-bond donors (Lipinski definition) is 1. The van der Waals surface area contributed by atoms with Gasteiger partial charge in [-0.15, -0.1) is 0 Å². The topological polar surface area (TPSA) is 105 Å². The van der Waals surface area contributed by atoms with Crippen molar-refractivity contribution in [2.75, 3.05) is 23.9 Å². The van der Waals surface area contributed by atoms with Gasteiger partial charge in [0.2, 0.25) is 28.6 Å². The number of amides is 2. The Morgan fingerprint density at radius 3 is 2.31 bits per heavy atom. The average molecular weight is 522 g/mol. The van der Waals surface area contributed by atoms with Crippen LogP contribution in [0.15, 0.2) is 42.5 Å². The first-order valence-corrected chi connectivity index (χ1v) is 13.4. The average Bonchev–Trinajstić information content (AvgIpc) is 3.24. The van der Waals surface area contributed by atoms with E-state index >= 15 is 0 Å². The summed E-state index contributed by atoms with van der Waals surface area (Å²) in [4.78, 5) is 28.1. The van der Waals surface area contributed by atoms with Gasteiger partial charge in [-0.1, -0.05) is 19.1 Å². The fourth-order valence-corrected chi connectivity index (χ4v) is 4.65. The maximum atomic E-state index is 13.7. The maximum absolute atomic E-state index is 13.7. The predicted octanol–water partition coefficient (Wildman–Crippen LogP) is 3.04. The molecule has 0 unspecified atom stereocenters. The molecule has 11 heteroatoms. The summed E-state index contributed by atoms with van der Waals surface area (Å²) in [5.41, 5.74) is 0.283. The lowest BCUT2D eigenvalue weighted by Crippen LogP contribution is -2.55. The van der Waals surface area contributed by atoms with Gasteiger partial charge in [0, 0.05) is 18.2 Å². The van der Waals surface area contributed by atoms with Crippen LogP contribution < -0.4 is 19.1 Å². The van der Waals surface area contributed by atoms with Crippen LogP contribution >= 0.6 is 0 Å². The number of nitrogens with one attached hydrogen (secondary N) is 1. The number of rotatable bonds is 9. The van der Waals surface area contributed by atoms with Crippen LogP contribution in [0.3, 0.4) is 0 Å². The first-order valence-electron chi connectivity index (χ1n) is 11.5. The third-order valence-electron chi connectivity index (χ3n) is 5.47. The van der Waals surface area contributed by atoms with Gasteiger partial charge in [0.25, 0.3) is 0 Å². The highest BCUT2D eigenvalue weighted by molar-refractivity contribution is 7.92. The quantitative estimate of drug-likeness (QED) is 0.544. The summed E-state index contributed by atoms with van der Waals surface area (Å²) < 4.78 is 50.5. The van der Waals surface area contributed by atoms with Gasteiger partial charge in [-0.3, -0.25) is 13.9 Å². The highest BCUT2D eigenvalue weighted by Gasteiger charge is 2.33. The van der Waals surface area contributed by atoms with Crippen molar-refractivity contribution < 1.29 is 31.9 Å². The van der Waals surface area contributed by atoms with E-state index in [9.17, 15) is 22.4 Å². The van der Waals surface area contributed by atoms with E-state index in [0.29, 0.717) is 17.1 Å². The molecule has 1 heterocycles. The summed E-state index contributed by atoms with van der Waals surface area (Å²) in [5.74, 6) is -0.540. The monoisotopic (exact) mass is 521 g/mol. The molecule has 9 nitrogen and oxygen atoms in total. The molecule has 2 aromatic rings. The van der Waals surface area contributed by atoms with Crippen LogP contribution in [0.25, 0.3) is 0 Å². The van der Waals surface area contributed by atoms with E-state index in [1.54, 1.807) is 13.0 Å². The largest absolute Gasteiger partial charge is 0.454 e. The van der Waals surface area contributed by atoms with Crippen molar-refractivity contribution in [3.63, 3.8) is 0 Å². The second kappa shape index (κ2) is 10.7. The summed E-state index contributed by atoms with van der Waals surface area (Å²) in [6.07, 6.45) is 1.29. The van der Waals surface area contributed by atoms with E-state index in [1.165, 1.54) is 41.3 Å². The number of sulfonamides is 1. The minimum atomic E-state index is -3.88. The highest BCUT2D eigenvalue weighted by Crippen LogP contribution is 2.36. The van der Waals surface area contributed by atoms with E-state index in [1.807, 2.05) is 20.8 Å². The van der Waals surface area contributed by atoms with Gasteiger partial charge in [0.05, 0.1) is 11.9 Å². The molecule has 0 spiro atoms. The molecular formula is C25H32FN3O6S. The number of anilines is 1. The molecule has 1 atom stereocenters. The number of nitrogens with zero attached hydrogens (tertiary/aromatic N) is 2. The Labute approximate surface area is 211 Å². The van der Waals surface area contributed by atoms with E-state index < -0.39 is 39.9 Å². The Hall–Kier alpha value is -3.34. The number of ether oxygens (including phenoxy) is 2. The lowest BCUT2D eigenvalue weighted by molar-refractivity contribution is -0.141. The first kappa shape index (κ1) is 27.3. The normalized spacial score (nSPS) is 13.7. The van der Waals surface area contributed by atoms with Crippen LogP contribution in [0.2, 0.25) is 0 Å². The van der Waals surface area contributed by atoms with Crippen molar-refractivity contribution in [3.8, 4) is 11.5 Å². The number of hydrogen-bond acceptors (Lipinski definition) is 6. The molecule has 1 aliphatic heterocycles. The van der Waals surface area contributed by atoms with Gasteiger partial charge < -0.3 is 19.7 Å². The Morgan fingerprint density at radius 2 is 1.72 bits per heavy atom. The van der Waals surface area contributed by atoms with Gasteiger partial charge >= 0.3 is 0 Å². The van der Waals surface area contributed by atoms with Crippen LogP contribution in [0.4, 0.5) is 10.1 Å². The number of carbonyl (C=O) groups is 2. The molecule has 0 saturated carbocycles. The molecule has 2 aromatic carbocycles. The summed E-state index contributed by atoms with van der Waals surface area (Å²) in [6.45, 7) is 6.72. The molecule has 1 N–H and O–H groups in total. The molecule has 3 rings (SSSR count). The minimum Gasteiger partial charge on any atom is -0.454 e. The zero-order chi connectivity index (χ0) is 26.7.